The molecule has 3 heteroatoms. The van der Waals surface area contributed by atoms with E-state index in [2.05, 4.69) is 31.0 Å². The van der Waals surface area contributed by atoms with Crippen LogP contribution in [0, 0.1) is 0 Å². The van der Waals surface area contributed by atoms with Crippen LogP contribution in [0.3, 0.4) is 0 Å². The van der Waals surface area contributed by atoms with Gasteiger partial charge >= 0.3 is 0 Å². The normalized spacial score (nSPS) is 21.0. The van der Waals surface area contributed by atoms with Crippen molar-refractivity contribution in [2.45, 2.75) is 31.9 Å². The maximum Gasteiger partial charge on any atom is 0.132 e. The van der Waals surface area contributed by atoms with E-state index in [1.165, 1.54) is 5.56 Å². The fraction of sp³-hybridized carbons (Fsp3) is 0.545. The van der Waals surface area contributed by atoms with Crippen LogP contribution in [0.15, 0.2) is 12.1 Å². The first-order valence-electron chi connectivity index (χ1n) is 5.00. The molecule has 0 aromatic carbocycles. The van der Waals surface area contributed by atoms with Crippen LogP contribution in [-0.4, -0.2) is 15.3 Å². The van der Waals surface area contributed by atoms with Crippen LogP contribution in [0.25, 0.3) is 0 Å². The van der Waals surface area contributed by atoms with Gasteiger partial charge in [-0.15, -0.1) is 0 Å². The number of pyridine rings is 1. The Labute approximate surface area is 87.9 Å². The molecular weight excluding hydrogens is 194 g/mol. The Morgan fingerprint density at radius 2 is 2.21 bits per heavy atom. The van der Waals surface area contributed by atoms with E-state index < -0.39 is 11.2 Å². The van der Waals surface area contributed by atoms with Gasteiger partial charge in [-0.25, -0.2) is 0 Å². The molecule has 0 saturated carbocycles. The molecule has 1 aliphatic heterocycles. The molecule has 0 fully saturated rings. The van der Waals surface area contributed by atoms with Gasteiger partial charge in [-0.05, 0) is 23.2 Å². The van der Waals surface area contributed by atoms with E-state index in [4.69, 9.17) is 0 Å². The van der Waals surface area contributed by atoms with E-state index in [1.54, 1.807) is 0 Å². The second-order valence-corrected chi connectivity index (χ2v) is 5.61. The first-order valence-corrected chi connectivity index (χ1v) is 6.49. The largest absolute Gasteiger partial charge is 0.616 e. The van der Waals surface area contributed by atoms with E-state index >= 15 is 0 Å². The highest BCUT2D eigenvalue weighted by Crippen LogP contribution is 2.21. The number of hydrogen-bond donors (Lipinski definition) is 0. The zero-order chi connectivity index (χ0) is 10.1. The zero-order valence-electron chi connectivity index (χ0n) is 8.62. The molecule has 1 unspecified atom stereocenters. The summed E-state index contributed by atoms with van der Waals surface area (Å²) in [5.41, 5.74) is 3.49. The zero-order valence-corrected chi connectivity index (χ0v) is 9.43. The van der Waals surface area contributed by atoms with Crippen molar-refractivity contribution in [3.63, 3.8) is 0 Å². The van der Waals surface area contributed by atoms with Gasteiger partial charge in [0.05, 0.1) is 5.69 Å². The second kappa shape index (κ2) is 3.91. The molecule has 0 bridgehead atoms. The van der Waals surface area contributed by atoms with E-state index in [0.29, 0.717) is 11.7 Å². The van der Waals surface area contributed by atoms with Crippen molar-refractivity contribution in [3.05, 3.63) is 29.1 Å². The summed E-state index contributed by atoms with van der Waals surface area (Å²) in [5, 5.41) is 0. The van der Waals surface area contributed by atoms with Crippen LogP contribution in [0.1, 0.15) is 36.7 Å². The van der Waals surface area contributed by atoms with Crippen LogP contribution in [0.2, 0.25) is 0 Å². The molecule has 1 aromatic rings. The van der Waals surface area contributed by atoms with E-state index in [9.17, 15) is 4.55 Å². The van der Waals surface area contributed by atoms with E-state index in [-0.39, 0.29) is 0 Å². The Morgan fingerprint density at radius 1 is 1.43 bits per heavy atom. The molecule has 1 aliphatic rings. The molecule has 0 amide bonds. The minimum atomic E-state index is -0.659. The highest BCUT2D eigenvalue weighted by atomic mass is 32.2. The molecule has 0 N–H and O–H groups in total. The Hall–Kier alpha value is -0.540. The molecule has 0 spiro atoms. The molecule has 2 rings (SSSR count). The third-order valence-corrected chi connectivity index (χ3v) is 3.86. The molecule has 0 saturated heterocycles. The highest BCUT2D eigenvalue weighted by molar-refractivity contribution is 7.90. The lowest BCUT2D eigenvalue weighted by Gasteiger charge is -2.19. The first-order chi connectivity index (χ1) is 6.66. The predicted molar refractivity (Wildman–Crippen MR) is 58.7 cm³/mol. The Bertz CT molecular complexity index is 338. The van der Waals surface area contributed by atoms with Gasteiger partial charge in [-0.2, -0.15) is 0 Å². The Kier molecular flexibility index (Phi) is 2.79. The molecule has 1 atom stereocenters. The lowest BCUT2D eigenvalue weighted by molar-refractivity contribution is 0.589. The third kappa shape index (κ3) is 1.93. The standard InChI is InChI=1S/C11H15NOS/c1-8(2)10-4-3-9-7-14(13)6-5-11(9)12-10/h3-4,8H,5-7H2,1-2H3. The summed E-state index contributed by atoms with van der Waals surface area (Å²) in [6, 6.07) is 4.15. The van der Waals surface area contributed by atoms with Crippen molar-refractivity contribution in [2.75, 3.05) is 5.75 Å². The topological polar surface area (TPSA) is 36.0 Å². The third-order valence-electron chi connectivity index (χ3n) is 2.56. The minimum Gasteiger partial charge on any atom is -0.616 e. The fourth-order valence-electron chi connectivity index (χ4n) is 1.67. The lowest BCUT2D eigenvalue weighted by Crippen LogP contribution is -2.20. The molecule has 2 nitrogen and oxygen atoms in total. The van der Waals surface area contributed by atoms with Gasteiger partial charge in [-0.1, -0.05) is 19.9 Å². The molecule has 14 heavy (non-hydrogen) atoms. The van der Waals surface area contributed by atoms with Crippen molar-refractivity contribution in [3.8, 4) is 0 Å². The lowest BCUT2D eigenvalue weighted by atomic mass is 10.1. The van der Waals surface area contributed by atoms with Crippen LogP contribution >= 0.6 is 0 Å². The Morgan fingerprint density at radius 3 is 2.93 bits per heavy atom. The summed E-state index contributed by atoms with van der Waals surface area (Å²) >= 11 is -0.659. The van der Waals surface area contributed by atoms with Gasteiger partial charge in [-0.3, -0.25) is 4.98 Å². The van der Waals surface area contributed by atoms with Crippen molar-refractivity contribution < 1.29 is 4.55 Å². The van der Waals surface area contributed by atoms with E-state index in [0.717, 1.165) is 23.6 Å². The summed E-state index contributed by atoms with van der Waals surface area (Å²) < 4.78 is 11.3. The number of hydrogen-bond acceptors (Lipinski definition) is 2. The predicted octanol–water partition coefficient (Wildman–Crippen LogP) is 2.01. The fourth-order valence-corrected chi connectivity index (χ4v) is 2.85. The summed E-state index contributed by atoms with van der Waals surface area (Å²) in [4.78, 5) is 4.61. The summed E-state index contributed by atoms with van der Waals surface area (Å²) in [6.07, 6.45) is 0.877. The number of aryl methyl sites for hydroxylation is 1. The highest BCUT2D eigenvalue weighted by Gasteiger charge is 2.20. The number of fused-ring (bicyclic) bond motifs is 1. The number of aromatic nitrogens is 1. The molecule has 0 radical (unpaired) electrons. The van der Waals surface area contributed by atoms with Crippen LogP contribution < -0.4 is 0 Å². The summed E-state index contributed by atoms with van der Waals surface area (Å²) in [7, 11) is 0. The summed E-state index contributed by atoms with van der Waals surface area (Å²) in [5.74, 6) is 1.95. The monoisotopic (exact) mass is 209 g/mol. The van der Waals surface area contributed by atoms with Crippen molar-refractivity contribution in [2.24, 2.45) is 0 Å². The molecule has 0 aliphatic carbocycles. The van der Waals surface area contributed by atoms with Crippen molar-refractivity contribution in [1.82, 2.24) is 4.98 Å². The Balaban J connectivity index is 2.31. The van der Waals surface area contributed by atoms with Crippen LogP contribution in [-0.2, 0) is 23.3 Å². The second-order valence-electron chi connectivity index (χ2n) is 4.03. The summed E-state index contributed by atoms with van der Waals surface area (Å²) in [6.45, 7) is 4.30. The molecule has 76 valence electrons. The molecule has 2 heterocycles. The average molecular weight is 209 g/mol. The van der Waals surface area contributed by atoms with E-state index in [1.807, 2.05) is 0 Å². The van der Waals surface area contributed by atoms with Gasteiger partial charge in [0.15, 0.2) is 0 Å². The maximum atomic E-state index is 11.3. The SMILES string of the molecule is CC(C)c1ccc2c(n1)CC[S+]([O-])C2. The van der Waals surface area contributed by atoms with Gasteiger partial charge in [0.2, 0.25) is 0 Å². The van der Waals surface area contributed by atoms with Gasteiger partial charge < -0.3 is 4.55 Å². The van der Waals surface area contributed by atoms with Gasteiger partial charge in [0, 0.05) is 17.7 Å². The van der Waals surface area contributed by atoms with Crippen molar-refractivity contribution in [1.29, 1.82) is 0 Å². The molecule has 1 aromatic heterocycles. The quantitative estimate of drug-likeness (QED) is 0.663. The first kappa shape index (κ1) is 9.99. The van der Waals surface area contributed by atoms with Gasteiger partial charge in [0.25, 0.3) is 0 Å². The maximum absolute atomic E-state index is 11.3. The molecular formula is C11H15NOS. The minimum absolute atomic E-state index is 0.479. The number of rotatable bonds is 1. The number of nitrogens with zero attached hydrogens (tertiary/aromatic N) is 1. The average Bonchev–Trinajstić information content (AvgIpc) is 2.16. The van der Waals surface area contributed by atoms with Crippen LogP contribution in [0.4, 0.5) is 0 Å². The smallest absolute Gasteiger partial charge is 0.132 e. The van der Waals surface area contributed by atoms with Gasteiger partial charge in [0.1, 0.15) is 11.5 Å². The van der Waals surface area contributed by atoms with Crippen molar-refractivity contribution >= 4 is 11.2 Å². The van der Waals surface area contributed by atoms with Crippen LogP contribution in [0.5, 0.6) is 0 Å².